The molecule has 0 spiro atoms. The molecule has 33 heavy (non-hydrogen) atoms. The molecular weight excluding hydrogens is 423 g/mol. The molecule has 164 valence electrons. The van der Waals surface area contributed by atoms with Gasteiger partial charge in [0, 0.05) is 28.2 Å². The van der Waals surface area contributed by atoms with E-state index in [1.54, 1.807) is 25.3 Å². The maximum atomic E-state index is 13.8. The van der Waals surface area contributed by atoms with Crippen LogP contribution in [0.1, 0.15) is 22.7 Å². The normalized spacial score (nSPS) is 17.8. The molecule has 3 aromatic carbocycles. The number of nitrogens with one attached hydrogen (secondary N) is 1. The molecule has 6 nitrogen and oxygen atoms in total. The van der Waals surface area contributed by atoms with Crippen LogP contribution in [-0.4, -0.2) is 26.9 Å². The van der Waals surface area contributed by atoms with Gasteiger partial charge in [-0.2, -0.15) is 0 Å². The summed E-state index contributed by atoms with van der Waals surface area (Å²) in [6, 6.07) is 16.5. The summed E-state index contributed by atoms with van der Waals surface area (Å²) in [5, 5.41) is 22.4. The van der Waals surface area contributed by atoms with Crippen molar-refractivity contribution in [3.8, 4) is 5.75 Å². The number of amides is 1. The predicted octanol–water partition coefficient (Wildman–Crippen LogP) is 4.95. The third kappa shape index (κ3) is 3.17. The molecule has 1 fully saturated rings. The molecule has 3 N–H and O–H groups in total. The Bertz CT molecular complexity index is 1470. The van der Waals surface area contributed by atoms with E-state index >= 15 is 0 Å². The van der Waals surface area contributed by atoms with Crippen molar-refractivity contribution in [1.82, 2.24) is 4.98 Å². The van der Waals surface area contributed by atoms with E-state index in [0.29, 0.717) is 5.56 Å². The van der Waals surface area contributed by atoms with Gasteiger partial charge in [0.15, 0.2) is 0 Å². The van der Waals surface area contributed by atoms with Gasteiger partial charge in [0.25, 0.3) is 11.7 Å². The van der Waals surface area contributed by atoms with Crippen LogP contribution in [0.2, 0.25) is 0 Å². The number of ketones is 1. The van der Waals surface area contributed by atoms with Crippen LogP contribution in [0.4, 0.5) is 10.1 Å². The average Bonchev–Trinajstić information content (AvgIpc) is 3.34. The van der Waals surface area contributed by atoms with Crippen molar-refractivity contribution in [2.45, 2.75) is 13.0 Å². The number of phenolic OH excluding ortho intramolecular Hbond substituents is 1. The molecule has 1 aliphatic heterocycles. The lowest BCUT2D eigenvalue weighted by Crippen LogP contribution is -2.29. The van der Waals surface area contributed by atoms with Crippen LogP contribution in [0.25, 0.3) is 16.7 Å². The minimum Gasteiger partial charge on any atom is -0.507 e. The van der Waals surface area contributed by atoms with Crippen LogP contribution in [0, 0.1) is 12.7 Å². The lowest BCUT2D eigenvalue weighted by Gasteiger charge is -2.25. The van der Waals surface area contributed by atoms with E-state index < -0.39 is 29.3 Å². The molecular formula is C26H19FN2O4. The highest BCUT2D eigenvalue weighted by atomic mass is 19.1. The number of Topliss-reactive ketones (excluding diaryl/α,β-unsaturated/α-hetero) is 1. The molecule has 7 heteroatoms. The number of anilines is 1. The highest BCUT2D eigenvalue weighted by Gasteiger charge is 2.48. The Morgan fingerprint density at radius 3 is 2.52 bits per heavy atom. The Labute approximate surface area is 188 Å². The SMILES string of the molecule is Cc1cc(/C(O)=C2\C(=O)C(=O)N(c3ccccc3O)C2c2c[nH]c3ccccc23)ccc1F. The highest BCUT2D eigenvalue weighted by molar-refractivity contribution is 6.52. The van der Waals surface area contributed by atoms with Gasteiger partial charge in [-0.1, -0.05) is 30.3 Å². The fourth-order valence-corrected chi connectivity index (χ4v) is 4.31. The zero-order valence-electron chi connectivity index (χ0n) is 17.5. The summed E-state index contributed by atoms with van der Waals surface area (Å²) in [5.74, 6) is -2.82. The minimum atomic E-state index is -1.01. The summed E-state index contributed by atoms with van der Waals surface area (Å²) in [6.07, 6.45) is 1.68. The molecule has 0 saturated carbocycles. The van der Waals surface area contributed by atoms with E-state index in [-0.39, 0.29) is 28.1 Å². The van der Waals surface area contributed by atoms with Crippen LogP contribution in [0.3, 0.4) is 0 Å². The number of carbonyl (C=O) groups is 2. The standard InChI is InChI=1S/C26H19FN2O4/c1-14-12-15(10-11-18(14)27)24(31)22-23(17-13-28-19-7-3-2-6-16(17)19)29(26(33)25(22)32)20-8-4-5-9-21(20)30/h2-13,23,28,30-31H,1H3/b24-22+. The molecule has 1 amide bonds. The fourth-order valence-electron chi connectivity index (χ4n) is 4.31. The number of aliphatic hydroxyl groups is 1. The molecule has 0 radical (unpaired) electrons. The van der Waals surface area contributed by atoms with E-state index in [1.807, 2.05) is 24.3 Å². The van der Waals surface area contributed by atoms with Crippen LogP contribution < -0.4 is 4.90 Å². The predicted molar refractivity (Wildman–Crippen MR) is 122 cm³/mol. The minimum absolute atomic E-state index is 0.140. The van der Waals surface area contributed by atoms with Crippen molar-refractivity contribution >= 4 is 34.0 Å². The number of benzene rings is 3. The van der Waals surface area contributed by atoms with Crippen molar-refractivity contribution in [2.75, 3.05) is 4.90 Å². The zero-order chi connectivity index (χ0) is 23.3. The summed E-state index contributed by atoms with van der Waals surface area (Å²) in [5.41, 5.74) is 1.87. The number of aromatic nitrogens is 1. The lowest BCUT2D eigenvalue weighted by atomic mass is 9.94. The van der Waals surface area contributed by atoms with Gasteiger partial charge in [-0.25, -0.2) is 4.39 Å². The van der Waals surface area contributed by atoms with Crippen LogP contribution in [0.15, 0.2) is 78.5 Å². The highest BCUT2D eigenvalue weighted by Crippen LogP contribution is 2.46. The zero-order valence-corrected chi connectivity index (χ0v) is 17.5. The Kier molecular flexibility index (Phi) is 4.74. The number of rotatable bonds is 3. The second-order valence-electron chi connectivity index (χ2n) is 7.91. The van der Waals surface area contributed by atoms with Gasteiger partial charge in [0.05, 0.1) is 17.3 Å². The largest absolute Gasteiger partial charge is 0.507 e. The summed E-state index contributed by atoms with van der Waals surface area (Å²) in [6.45, 7) is 1.55. The summed E-state index contributed by atoms with van der Waals surface area (Å²) in [7, 11) is 0. The summed E-state index contributed by atoms with van der Waals surface area (Å²) < 4.78 is 13.8. The molecule has 1 aliphatic rings. The Morgan fingerprint density at radius 2 is 1.76 bits per heavy atom. The Morgan fingerprint density at radius 1 is 1.03 bits per heavy atom. The topological polar surface area (TPSA) is 93.6 Å². The number of phenols is 1. The molecule has 4 aromatic rings. The number of aryl methyl sites for hydroxylation is 1. The van der Waals surface area contributed by atoms with E-state index in [9.17, 15) is 24.2 Å². The van der Waals surface area contributed by atoms with E-state index in [0.717, 1.165) is 10.9 Å². The number of halogens is 1. The third-order valence-electron chi connectivity index (χ3n) is 5.93. The number of aromatic hydroxyl groups is 1. The van der Waals surface area contributed by atoms with Crippen LogP contribution >= 0.6 is 0 Å². The monoisotopic (exact) mass is 442 g/mol. The third-order valence-corrected chi connectivity index (χ3v) is 5.93. The number of H-pyrrole nitrogens is 1. The molecule has 5 rings (SSSR count). The quantitative estimate of drug-likeness (QED) is 0.238. The number of aliphatic hydroxyl groups excluding tert-OH is 1. The number of hydrogen-bond acceptors (Lipinski definition) is 4. The van der Waals surface area contributed by atoms with Gasteiger partial charge in [-0.3, -0.25) is 14.5 Å². The first-order chi connectivity index (χ1) is 15.9. The van der Waals surface area contributed by atoms with E-state index in [2.05, 4.69) is 4.98 Å². The maximum Gasteiger partial charge on any atom is 0.300 e. The van der Waals surface area contributed by atoms with Crippen molar-refractivity contribution in [1.29, 1.82) is 0 Å². The van der Waals surface area contributed by atoms with E-state index in [1.165, 1.54) is 35.2 Å². The molecule has 1 saturated heterocycles. The molecule has 0 aliphatic carbocycles. The maximum absolute atomic E-state index is 13.8. The number of aromatic amines is 1. The van der Waals surface area contributed by atoms with Gasteiger partial charge in [-0.15, -0.1) is 0 Å². The first-order valence-corrected chi connectivity index (χ1v) is 10.3. The fraction of sp³-hybridized carbons (Fsp3) is 0.0769. The Hall–Kier alpha value is -4.39. The van der Waals surface area contributed by atoms with Crippen molar-refractivity contribution in [3.05, 3.63) is 101 Å². The molecule has 1 unspecified atom stereocenters. The number of hydrogen-bond donors (Lipinski definition) is 3. The summed E-state index contributed by atoms with van der Waals surface area (Å²) >= 11 is 0. The smallest absolute Gasteiger partial charge is 0.300 e. The van der Waals surface area contributed by atoms with Crippen molar-refractivity contribution in [3.63, 3.8) is 0 Å². The first-order valence-electron chi connectivity index (χ1n) is 10.3. The molecule has 1 aromatic heterocycles. The molecule has 1 atom stereocenters. The average molecular weight is 442 g/mol. The lowest BCUT2D eigenvalue weighted by molar-refractivity contribution is -0.132. The number of fused-ring (bicyclic) bond motifs is 1. The van der Waals surface area contributed by atoms with Crippen molar-refractivity contribution in [2.24, 2.45) is 0 Å². The second-order valence-corrected chi connectivity index (χ2v) is 7.91. The van der Waals surface area contributed by atoms with Gasteiger partial charge < -0.3 is 15.2 Å². The van der Waals surface area contributed by atoms with Gasteiger partial charge in [0.2, 0.25) is 0 Å². The Balaban J connectivity index is 1.80. The van der Waals surface area contributed by atoms with Crippen LogP contribution in [0.5, 0.6) is 5.75 Å². The molecule has 0 bridgehead atoms. The number of para-hydroxylation sites is 3. The second kappa shape index (κ2) is 7.63. The van der Waals surface area contributed by atoms with E-state index in [4.69, 9.17) is 0 Å². The summed E-state index contributed by atoms with van der Waals surface area (Å²) in [4.78, 5) is 30.8. The molecule has 2 heterocycles. The van der Waals surface area contributed by atoms with Crippen LogP contribution in [-0.2, 0) is 9.59 Å². The van der Waals surface area contributed by atoms with Gasteiger partial charge in [-0.05, 0) is 48.9 Å². The number of nitrogens with zero attached hydrogens (tertiary/aromatic N) is 1. The van der Waals surface area contributed by atoms with Gasteiger partial charge in [0.1, 0.15) is 17.3 Å². The number of carbonyl (C=O) groups excluding carboxylic acids is 2. The first kappa shape index (κ1) is 20.5. The van der Waals surface area contributed by atoms with Crippen molar-refractivity contribution < 1.29 is 24.2 Å². The van der Waals surface area contributed by atoms with Gasteiger partial charge >= 0.3 is 0 Å².